The molecule has 0 atom stereocenters. The summed E-state index contributed by atoms with van der Waals surface area (Å²) in [4.78, 5) is 21.6. The molecule has 0 unspecified atom stereocenters. The molecule has 0 aliphatic rings. The molecule has 0 saturated heterocycles. The normalized spacial score (nSPS) is 10.5. The summed E-state index contributed by atoms with van der Waals surface area (Å²) < 4.78 is 27.3. The Labute approximate surface area is 110 Å². The van der Waals surface area contributed by atoms with Crippen LogP contribution >= 0.6 is 11.3 Å². The minimum absolute atomic E-state index is 0.0523. The maximum Gasteiger partial charge on any atom is 0.339 e. The second-order valence-corrected chi connectivity index (χ2v) is 4.64. The molecule has 4 nitrogen and oxygen atoms in total. The van der Waals surface area contributed by atoms with Crippen molar-refractivity contribution in [2.75, 3.05) is 0 Å². The molecule has 19 heavy (non-hydrogen) atoms. The highest BCUT2D eigenvalue weighted by Gasteiger charge is 2.23. The molecule has 0 saturated carbocycles. The molecule has 0 amide bonds. The third-order valence-corrected chi connectivity index (χ3v) is 3.49. The summed E-state index contributed by atoms with van der Waals surface area (Å²) in [5, 5.41) is 12.6. The van der Waals surface area contributed by atoms with E-state index in [1.54, 1.807) is 0 Å². The van der Waals surface area contributed by atoms with E-state index in [9.17, 15) is 18.5 Å². The monoisotopic (exact) mass is 283 g/mol. The Hall–Kier alpha value is -2.15. The third kappa shape index (κ3) is 2.12. The number of carboxylic acids is 1. The predicted molar refractivity (Wildman–Crippen MR) is 66.8 cm³/mol. The number of benzene rings is 1. The minimum atomic E-state index is -1.41. The maximum atomic E-state index is 13.8. The fourth-order valence-electron chi connectivity index (χ4n) is 1.67. The van der Waals surface area contributed by atoms with Crippen molar-refractivity contribution in [3.8, 4) is 11.1 Å². The number of carbonyl (C=O) groups is 1. The Kier molecular flexibility index (Phi) is 3.39. The van der Waals surface area contributed by atoms with Gasteiger partial charge in [-0.3, -0.25) is 0 Å². The summed E-state index contributed by atoms with van der Waals surface area (Å²) in [5.41, 5.74) is -0.556. The van der Waals surface area contributed by atoms with E-state index in [1.165, 1.54) is 24.4 Å². The molecule has 98 valence electrons. The van der Waals surface area contributed by atoms with Crippen molar-refractivity contribution in [3.63, 3.8) is 0 Å². The number of aryl methyl sites for hydroxylation is 1. The van der Waals surface area contributed by atoms with Crippen molar-refractivity contribution in [1.29, 1.82) is 0 Å². The first kappa shape index (κ1) is 13.3. The van der Waals surface area contributed by atoms with Gasteiger partial charge in [-0.05, 0) is 17.7 Å². The van der Waals surface area contributed by atoms with Gasteiger partial charge in [0, 0.05) is 16.5 Å². The van der Waals surface area contributed by atoms with Gasteiger partial charge in [0.1, 0.15) is 5.56 Å². The van der Waals surface area contributed by atoms with Crippen LogP contribution in [0.5, 0.6) is 0 Å². The number of hydrogen-bond donors (Lipinski definition) is 1. The van der Waals surface area contributed by atoms with Crippen LogP contribution < -0.4 is 0 Å². The molecule has 0 aliphatic heterocycles. The van der Waals surface area contributed by atoms with Gasteiger partial charge in [0.2, 0.25) is 0 Å². The number of nitroso groups, excluding NO2 is 1. The Morgan fingerprint density at radius 1 is 1.26 bits per heavy atom. The van der Waals surface area contributed by atoms with E-state index in [0.29, 0.717) is 0 Å². The van der Waals surface area contributed by atoms with Crippen molar-refractivity contribution in [2.24, 2.45) is 5.18 Å². The lowest BCUT2D eigenvalue weighted by atomic mass is 10.0. The van der Waals surface area contributed by atoms with E-state index in [-0.39, 0.29) is 21.7 Å². The fourth-order valence-corrected chi connectivity index (χ4v) is 2.51. The third-order valence-electron chi connectivity index (χ3n) is 2.63. The molecule has 0 bridgehead atoms. The minimum Gasteiger partial charge on any atom is -0.478 e. The van der Waals surface area contributed by atoms with Crippen molar-refractivity contribution in [3.05, 3.63) is 45.2 Å². The first-order chi connectivity index (χ1) is 8.97. The molecule has 1 aromatic carbocycles. The van der Waals surface area contributed by atoms with Crippen LogP contribution in [-0.4, -0.2) is 11.1 Å². The van der Waals surface area contributed by atoms with Crippen LogP contribution in [0.15, 0.2) is 22.7 Å². The van der Waals surface area contributed by atoms with Gasteiger partial charge < -0.3 is 5.11 Å². The molecule has 0 radical (unpaired) electrons. The second-order valence-electron chi connectivity index (χ2n) is 3.78. The van der Waals surface area contributed by atoms with Gasteiger partial charge >= 0.3 is 5.97 Å². The Bertz CT molecular complexity index is 682. The number of thiophene rings is 1. The molecule has 2 rings (SSSR count). The first-order valence-electron chi connectivity index (χ1n) is 5.10. The molecule has 1 heterocycles. The summed E-state index contributed by atoms with van der Waals surface area (Å²) in [6.45, 7) is 1.40. The van der Waals surface area contributed by atoms with Gasteiger partial charge in [-0.15, -0.1) is 16.2 Å². The molecule has 1 aromatic heterocycles. The summed E-state index contributed by atoms with van der Waals surface area (Å²) in [6, 6.07) is 2.61. The van der Waals surface area contributed by atoms with Gasteiger partial charge in [0.15, 0.2) is 16.6 Å². The van der Waals surface area contributed by atoms with Gasteiger partial charge in [-0.25, -0.2) is 13.6 Å². The molecule has 7 heteroatoms. The molecule has 1 N–H and O–H groups in total. The summed E-state index contributed by atoms with van der Waals surface area (Å²) in [5.74, 6) is -3.59. The predicted octanol–water partition coefficient (Wildman–Crippen LogP) is 4.10. The lowest BCUT2D eigenvalue weighted by molar-refractivity contribution is 0.0699. The zero-order valence-corrected chi connectivity index (χ0v) is 10.4. The van der Waals surface area contributed by atoms with E-state index in [1.807, 2.05) is 0 Å². The highest BCUT2D eigenvalue weighted by molar-refractivity contribution is 7.14. The number of nitrogens with zero attached hydrogens (tertiary/aromatic N) is 1. The quantitative estimate of drug-likeness (QED) is 0.862. The van der Waals surface area contributed by atoms with Gasteiger partial charge in [-0.1, -0.05) is 12.1 Å². The van der Waals surface area contributed by atoms with Crippen LogP contribution in [0, 0.1) is 23.5 Å². The van der Waals surface area contributed by atoms with Crippen LogP contribution in [0.1, 0.15) is 15.9 Å². The Morgan fingerprint density at radius 2 is 1.95 bits per heavy atom. The SMILES string of the molecule is Cc1ccc(-c2csc(N=O)c2C(=O)O)c(F)c1F. The average molecular weight is 283 g/mol. The molecular weight excluding hydrogens is 276 g/mol. The molecule has 0 aliphatic carbocycles. The zero-order chi connectivity index (χ0) is 14.2. The highest BCUT2D eigenvalue weighted by atomic mass is 32.1. The number of halogens is 2. The maximum absolute atomic E-state index is 13.8. The van der Waals surface area contributed by atoms with Crippen LogP contribution in [0.4, 0.5) is 13.8 Å². The zero-order valence-electron chi connectivity index (χ0n) is 9.61. The Morgan fingerprint density at radius 3 is 2.53 bits per heavy atom. The standard InChI is InChI=1S/C12H7F2NO3S/c1-5-2-3-6(10(14)9(5)13)7-4-19-11(15-18)8(7)12(16)17/h2-4H,1H3,(H,16,17). The van der Waals surface area contributed by atoms with Crippen molar-refractivity contribution in [2.45, 2.75) is 6.92 Å². The van der Waals surface area contributed by atoms with Crippen LogP contribution in [0.25, 0.3) is 11.1 Å². The van der Waals surface area contributed by atoms with Crippen molar-refractivity contribution >= 4 is 22.3 Å². The van der Waals surface area contributed by atoms with Crippen LogP contribution in [-0.2, 0) is 0 Å². The smallest absolute Gasteiger partial charge is 0.339 e. The molecule has 2 aromatic rings. The lowest BCUT2D eigenvalue weighted by Gasteiger charge is -2.05. The van der Waals surface area contributed by atoms with Gasteiger partial charge in [0.05, 0.1) is 0 Å². The van der Waals surface area contributed by atoms with E-state index in [2.05, 4.69) is 5.18 Å². The first-order valence-corrected chi connectivity index (χ1v) is 5.98. The highest BCUT2D eigenvalue weighted by Crippen LogP contribution is 2.38. The lowest BCUT2D eigenvalue weighted by Crippen LogP contribution is -1.99. The topological polar surface area (TPSA) is 66.7 Å². The van der Waals surface area contributed by atoms with E-state index >= 15 is 0 Å². The van der Waals surface area contributed by atoms with E-state index < -0.39 is 23.2 Å². The second kappa shape index (κ2) is 4.85. The van der Waals surface area contributed by atoms with E-state index in [4.69, 9.17) is 5.11 Å². The Balaban J connectivity index is 2.73. The largest absolute Gasteiger partial charge is 0.478 e. The molecule has 0 fully saturated rings. The summed E-state index contributed by atoms with van der Waals surface area (Å²) >= 11 is 0.769. The molecular formula is C12H7F2NO3S. The summed E-state index contributed by atoms with van der Waals surface area (Å²) in [6.07, 6.45) is 0. The molecule has 0 spiro atoms. The van der Waals surface area contributed by atoms with Gasteiger partial charge in [-0.2, -0.15) is 0 Å². The van der Waals surface area contributed by atoms with E-state index in [0.717, 1.165) is 11.3 Å². The average Bonchev–Trinajstić information content (AvgIpc) is 2.80. The van der Waals surface area contributed by atoms with Crippen LogP contribution in [0.2, 0.25) is 0 Å². The summed E-state index contributed by atoms with van der Waals surface area (Å²) in [7, 11) is 0. The number of rotatable bonds is 3. The van der Waals surface area contributed by atoms with Crippen LogP contribution in [0.3, 0.4) is 0 Å². The fraction of sp³-hybridized carbons (Fsp3) is 0.0833. The number of hydrogen-bond acceptors (Lipinski definition) is 4. The number of carboxylic acid groups (broad SMARTS) is 1. The van der Waals surface area contributed by atoms with Crippen molar-refractivity contribution < 1.29 is 18.7 Å². The number of aromatic carboxylic acids is 1. The van der Waals surface area contributed by atoms with Gasteiger partial charge in [0.25, 0.3) is 0 Å². The van der Waals surface area contributed by atoms with Crippen molar-refractivity contribution in [1.82, 2.24) is 0 Å².